The number of hydrogen-bond donors (Lipinski definition) is 0. The van der Waals surface area contributed by atoms with E-state index in [0.29, 0.717) is 13.1 Å². The third kappa shape index (κ3) is 3.59. The number of nitrogens with zero attached hydrogens (tertiary/aromatic N) is 4. The van der Waals surface area contributed by atoms with Crippen LogP contribution < -0.4 is 4.74 Å². The van der Waals surface area contributed by atoms with Crippen LogP contribution in [-0.2, 0) is 31.0 Å². The monoisotopic (exact) mass is 418 g/mol. The van der Waals surface area contributed by atoms with Crippen molar-refractivity contribution in [3.63, 3.8) is 0 Å². The molecule has 0 saturated carbocycles. The maximum Gasteiger partial charge on any atom is 0.417 e. The molecule has 3 heterocycles. The van der Waals surface area contributed by atoms with Crippen molar-refractivity contribution in [2.45, 2.75) is 39.1 Å². The molecule has 158 valence electrons. The van der Waals surface area contributed by atoms with E-state index in [1.807, 2.05) is 24.3 Å². The Morgan fingerprint density at radius 1 is 1.23 bits per heavy atom. The van der Waals surface area contributed by atoms with Crippen molar-refractivity contribution >= 4 is 16.9 Å². The molecule has 1 aromatic carbocycles. The second kappa shape index (κ2) is 7.30. The normalized spacial score (nSPS) is 15.2. The van der Waals surface area contributed by atoms with E-state index in [0.717, 1.165) is 18.1 Å². The van der Waals surface area contributed by atoms with Crippen LogP contribution in [0.3, 0.4) is 0 Å². The number of hydrogen-bond acceptors (Lipinski definition) is 4. The number of amides is 1. The molecule has 0 unspecified atom stereocenters. The molecule has 6 nitrogen and oxygen atoms in total. The van der Waals surface area contributed by atoms with Gasteiger partial charge in [-0.2, -0.15) is 23.3 Å². The zero-order valence-electron chi connectivity index (χ0n) is 16.8. The van der Waals surface area contributed by atoms with Crippen molar-refractivity contribution in [1.29, 1.82) is 0 Å². The number of aromatic nitrogens is 3. The van der Waals surface area contributed by atoms with Crippen LogP contribution in [0.25, 0.3) is 11.0 Å². The fourth-order valence-corrected chi connectivity index (χ4v) is 3.88. The molecule has 9 heteroatoms. The number of rotatable bonds is 3. The fourth-order valence-electron chi connectivity index (χ4n) is 3.88. The second-order valence-corrected chi connectivity index (χ2v) is 7.45. The zero-order valence-corrected chi connectivity index (χ0v) is 16.8. The number of ether oxygens (including phenoxy) is 1. The molecule has 30 heavy (non-hydrogen) atoms. The van der Waals surface area contributed by atoms with Gasteiger partial charge in [0.2, 0.25) is 5.88 Å². The van der Waals surface area contributed by atoms with Crippen molar-refractivity contribution in [3.8, 4) is 5.88 Å². The molecule has 1 aliphatic heterocycles. The molecule has 4 rings (SSSR count). The van der Waals surface area contributed by atoms with Crippen LogP contribution in [0, 0.1) is 6.92 Å². The van der Waals surface area contributed by atoms with Crippen molar-refractivity contribution < 1.29 is 22.7 Å². The van der Waals surface area contributed by atoms with Gasteiger partial charge in [0.15, 0.2) is 11.8 Å². The standard InChI is InChI=1S/C21H21F3N4O2/c1-12-18-16(21(22,23)24)10-17(25-19(18)27(3)26-12)30-13(2)20(29)28-9-8-14-6-4-5-7-15(14)11-28/h4-7,10,13H,8-9,11H2,1-3H3/t13-/m1/s1. The van der Waals surface area contributed by atoms with Crippen LogP contribution in [-0.4, -0.2) is 38.2 Å². The largest absolute Gasteiger partial charge is 0.464 e. The summed E-state index contributed by atoms with van der Waals surface area (Å²) in [4.78, 5) is 18.7. The zero-order chi connectivity index (χ0) is 21.6. The van der Waals surface area contributed by atoms with Crippen LogP contribution in [0.2, 0.25) is 0 Å². The molecule has 0 saturated heterocycles. The molecule has 0 spiro atoms. The number of fused-ring (bicyclic) bond motifs is 2. The lowest BCUT2D eigenvalue weighted by Crippen LogP contribution is -2.43. The van der Waals surface area contributed by atoms with E-state index in [2.05, 4.69) is 10.1 Å². The summed E-state index contributed by atoms with van der Waals surface area (Å²) < 4.78 is 47.7. The second-order valence-electron chi connectivity index (χ2n) is 7.45. The molecular formula is C21H21F3N4O2. The molecule has 0 radical (unpaired) electrons. The van der Waals surface area contributed by atoms with Gasteiger partial charge in [-0.1, -0.05) is 24.3 Å². The van der Waals surface area contributed by atoms with Crippen molar-refractivity contribution in [3.05, 3.63) is 52.7 Å². The molecular weight excluding hydrogens is 397 g/mol. The van der Waals surface area contributed by atoms with Crippen molar-refractivity contribution in [2.24, 2.45) is 7.05 Å². The lowest BCUT2D eigenvalue weighted by atomic mass is 9.99. The Labute approximate surface area is 171 Å². The van der Waals surface area contributed by atoms with E-state index >= 15 is 0 Å². The topological polar surface area (TPSA) is 60.2 Å². The first kappa shape index (κ1) is 20.2. The summed E-state index contributed by atoms with van der Waals surface area (Å²) in [6, 6.07) is 8.72. The average molecular weight is 418 g/mol. The summed E-state index contributed by atoms with van der Waals surface area (Å²) in [6.07, 6.45) is -4.85. The first-order chi connectivity index (χ1) is 14.1. The Hall–Kier alpha value is -3.10. The molecule has 2 aromatic heterocycles. The molecule has 3 aromatic rings. The summed E-state index contributed by atoms with van der Waals surface area (Å²) in [5.41, 5.74) is 1.68. The van der Waals surface area contributed by atoms with Crippen LogP contribution in [0.5, 0.6) is 5.88 Å². The predicted molar refractivity (Wildman–Crippen MR) is 104 cm³/mol. The van der Waals surface area contributed by atoms with E-state index in [-0.39, 0.29) is 28.5 Å². The number of halogens is 3. The van der Waals surface area contributed by atoms with Gasteiger partial charge >= 0.3 is 6.18 Å². The number of benzene rings is 1. The van der Waals surface area contributed by atoms with Crippen molar-refractivity contribution in [1.82, 2.24) is 19.7 Å². The Kier molecular flexibility index (Phi) is 4.91. The van der Waals surface area contributed by atoms with Crippen LogP contribution in [0.4, 0.5) is 13.2 Å². The minimum Gasteiger partial charge on any atom is -0.464 e. The lowest BCUT2D eigenvalue weighted by Gasteiger charge is -2.30. The van der Waals surface area contributed by atoms with E-state index in [1.165, 1.54) is 31.1 Å². The van der Waals surface area contributed by atoms with Gasteiger partial charge in [0.1, 0.15) is 0 Å². The van der Waals surface area contributed by atoms with Crippen LogP contribution in [0.15, 0.2) is 30.3 Å². The molecule has 1 amide bonds. The summed E-state index contributed by atoms with van der Waals surface area (Å²) in [6.45, 7) is 4.01. The number of alkyl halides is 3. The summed E-state index contributed by atoms with van der Waals surface area (Å²) in [5, 5.41) is 3.97. The van der Waals surface area contributed by atoms with Crippen LogP contribution >= 0.6 is 0 Å². The molecule has 1 atom stereocenters. The smallest absolute Gasteiger partial charge is 0.417 e. The highest BCUT2D eigenvalue weighted by Crippen LogP contribution is 2.37. The van der Waals surface area contributed by atoms with Gasteiger partial charge in [-0.15, -0.1) is 0 Å². The van der Waals surface area contributed by atoms with E-state index in [1.54, 1.807) is 4.90 Å². The highest BCUT2D eigenvalue weighted by molar-refractivity contribution is 5.84. The average Bonchev–Trinajstić information content (AvgIpc) is 2.99. The molecule has 0 fully saturated rings. The van der Waals surface area contributed by atoms with Gasteiger partial charge in [-0.3, -0.25) is 9.48 Å². The number of pyridine rings is 1. The van der Waals surface area contributed by atoms with Crippen molar-refractivity contribution in [2.75, 3.05) is 6.54 Å². The van der Waals surface area contributed by atoms with Gasteiger partial charge in [0.05, 0.1) is 16.6 Å². The molecule has 1 aliphatic rings. The molecule has 0 N–H and O–H groups in total. The Morgan fingerprint density at radius 2 is 1.93 bits per heavy atom. The van der Waals surface area contributed by atoms with Gasteiger partial charge in [0, 0.05) is 26.2 Å². The Balaban J connectivity index is 1.59. The first-order valence-electron chi connectivity index (χ1n) is 9.59. The van der Waals surface area contributed by atoms with Gasteiger partial charge in [0.25, 0.3) is 5.91 Å². The quantitative estimate of drug-likeness (QED) is 0.652. The van der Waals surface area contributed by atoms with E-state index in [4.69, 9.17) is 4.74 Å². The molecule has 0 aliphatic carbocycles. The Morgan fingerprint density at radius 3 is 2.63 bits per heavy atom. The summed E-state index contributed by atoms with van der Waals surface area (Å²) in [5.74, 6) is -0.544. The van der Waals surface area contributed by atoms with E-state index < -0.39 is 17.8 Å². The third-order valence-corrected chi connectivity index (χ3v) is 5.34. The Bertz CT molecular complexity index is 1120. The maximum absolute atomic E-state index is 13.6. The number of carbonyl (C=O) groups is 1. The third-order valence-electron chi connectivity index (χ3n) is 5.34. The summed E-state index contributed by atoms with van der Waals surface area (Å²) >= 11 is 0. The molecule has 0 bridgehead atoms. The highest BCUT2D eigenvalue weighted by Gasteiger charge is 2.36. The highest BCUT2D eigenvalue weighted by atomic mass is 19.4. The van der Waals surface area contributed by atoms with Gasteiger partial charge in [-0.25, -0.2) is 0 Å². The SMILES string of the molecule is Cc1nn(C)c2nc(O[C@H](C)C(=O)N3CCc4ccccc4C3)cc(C(F)(F)F)c12. The maximum atomic E-state index is 13.6. The van der Waals surface area contributed by atoms with Crippen LogP contribution in [0.1, 0.15) is 29.3 Å². The predicted octanol–water partition coefficient (Wildman–Crippen LogP) is 3.65. The lowest BCUT2D eigenvalue weighted by molar-refractivity contribution is -0.139. The number of aryl methyl sites for hydroxylation is 2. The summed E-state index contributed by atoms with van der Waals surface area (Å²) in [7, 11) is 1.52. The fraction of sp³-hybridized carbons (Fsp3) is 0.381. The minimum absolute atomic E-state index is 0.0591. The van der Waals surface area contributed by atoms with E-state index in [9.17, 15) is 18.0 Å². The van der Waals surface area contributed by atoms with Gasteiger partial charge in [-0.05, 0) is 31.4 Å². The first-order valence-corrected chi connectivity index (χ1v) is 9.59. The van der Waals surface area contributed by atoms with Gasteiger partial charge < -0.3 is 9.64 Å². The number of carbonyl (C=O) groups excluding carboxylic acids is 1. The minimum atomic E-state index is -4.60.